The van der Waals surface area contributed by atoms with Crippen molar-refractivity contribution in [3.8, 4) is 0 Å². The normalized spacial score (nSPS) is 10.3. The Morgan fingerprint density at radius 3 is 2.85 bits per heavy atom. The van der Waals surface area contributed by atoms with Crippen LogP contribution in [0.4, 0.5) is 0 Å². The van der Waals surface area contributed by atoms with E-state index in [4.69, 9.17) is 10.3 Å². The molecule has 2 amide bonds. The van der Waals surface area contributed by atoms with Crippen LogP contribution >= 0.6 is 0 Å². The predicted molar refractivity (Wildman–Crippen MR) is 69.8 cm³/mol. The zero-order chi connectivity index (χ0) is 14.7. The van der Waals surface area contributed by atoms with Crippen LogP contribution in [0.5, 0.6) is 0 Å². The third-order valence-corrected chi connectivity index (χ3v) is 2.72. The molecule has 2 aromatic rings. The number of hydrazine groups is 1. The minimum Gasteiger partial charge on any atom is -0.454 e. The molecule has 0 radical (unpaired) electrons. The fourth-order valence-corrected chi connectivity index (χ4v) is 1.78. The number of nitrogen functional groups attached to an aromatic ring is 1. The van der Waals surface area contributed by atoms with E-state index in [1.54, 1.807) is 29.9 Å². The molecule has 0 saturated carbocycles. The van der Waals surface area contributed by atoms with Crippen LogP contribution in [0.15, 0.2) is 22.7 Å². The molecule has 0 aromatic carbocycles. The highest BCUT2D eigenvalue weighted by Crippen LogP contribution is 2.15. The summed E-state index contributed by atoms with van der Waals surface area (Å²) in [6, 6.07) is 3.33. The third-order valence-electron chi connectivity index (χ3n) is 2.72. The largest absolute Gasteiger partial charge is 0.454 e. The van der Waals surface area contributed by atoms with Gasteiger partial charge in [-0.25, -0.2) is 5.84 Å². The molecule has 2 aromatic heterocycles. The number of carbonyl (C=O) groups excluding carboxylic acids is 2. The molecular weight excluding hydrogens is 262 g/mol. The number of amides is 2. The number of aryl methyl sites for hydroxylation is 1. The lowest BCUT2D eigenvalue weighted by Gasteiger charge is -1.98. The van der Waals surface area contributed by atoms with Gasteiger partial charge in [0.25, 0.3) is 5.91 Å². The van der Waals surface area contributed by atoms with Crippen LogP contribution in [0.2, 0.25) is 0 Å². The summed E-state index contributed by atoms with van der Waals surface area (Å²) in [6.07, 6.45) is 1.66. The lowest BCUT2D eigenvalue weighted by molar-refractivity contribution is 0.0922. The van der Waals surface area contributed by atoms with Crippen LogP contribution in [-0.2, 0) is 6.54 Å². The molecule has 0 aliphatic heterocycles. The predicted octanol–water partition coefficient (Wildman–Crippen LogP) is -0.204. The highest BCUT2D eigenvalue weighted by Gasteiger charge is 2.15. The van der Waals surface area contributed by atoms with Gasteiger partial charge in [0.15, 0.2) is 5.76 Å². The second-order valence-electron chi connectivity index (χ2n) is 4.18. The van der Waals surface area contributed by atoms with Crippen molar-refractivity contribution < 1.29 is 14.0 Å². The van der Waals surface area contributed by atoms with Gasteiger partial charge in [-0.3, -0.25) is 19.7 Å². The van der Waals surface area contributed by atoms with E-state index in [0.717, 1.165) is 0 Å². The molecule has 4 N–H and O–H groups in total. The van der Waals surface area contributed by atoms with Gasteiger partial charge >= 0.3 is 5.91 Å². The molecule has 20 heavy (non-hydrogen) atoms. The summed E-state index contributed by atoms with van der Waals surface area (Å²) < 4.78 is 6.96. The Hall–Kier alpha value is -2.61. The summed E-state index contributed by atoms with van der Waals surface area (Å²) in [5.74, 6) is 5.03. The summed E-state index contributed by atoms with van der Waals surface area (Å²) in [5.41, 5.74) is 3.02. The van der Waals surface area contributed by atoms with Crippen LogP contribution in [0.25, 0.3) is 0 Å². The Balaban J connectivity index is 2.16. The lowest BCUT2D eigenvalue weighted by Crippen LogP contribution is -2.30. The van der Waals surface area contributed by atoms with Gasteiger partial charge in [-0.1, -0.05) is 0 Å². The van der Waals surface area contributed by atoms with Crippen molar-refractivity contribution in [2.24, 2.45) is 5.84 Å². The lowest BCUT2D eigenvalue weighted by atomic mass is 10.2. The standard InChI is InChI=1S/C12H15N5O3/c1-7-5-8(20-10(7)12(19)15-13)6-17-4-3-9(16-17)11(18)14-2/h3-5H,6,13H2,1-2H3,(H,14,18)(H,15,19). The maximum atomic E-state index is 11.4. The van der Waals surface area contributed by atoms with Gasteiger partial charge < -0.3 is 9.73 Å². The van der Waals surface area contributed by atoms with Crippen LogP contribution in [0, 0.1) is 6.92 Å². The van der Waals surface area contributed by atoms with E-state index in [-0.39, 0.29) is 11.7 Å². The van der Waals surface area contributed by atoms with E-state index in [0.29, 0.717) is 23.6 Å². The fourth-order valence-electron chi connectivity index (χ4n) is 1.78. The van der Waals surface area contributed by atoms with Gasteiger partial charge in [0.1, 0.15) is 11.5 Å². The molecule has 8 nitrogen and oxygen atoms in total. The first-order valence-corrected chi connectivity index (χ1v) is 5.91. The molecule has 0 aliphatic carbocycles. The molecule has 2 rings (SSSR count). The maximum Gasteiger partial charge on any atom is 0.301 e. The Morgan fingerprint density at radius 1 is 1.45 bits per heavy atom. The van der Waals surface area contributed by atoms with E-state index < -0.39 is 5.91 Å². The zero-order valence-corrected chi connectivity index (χ0v) is 11.1. The van der Waals surface area contributed by atoms with E-state index >= 15 is 0 Å². The number of nitrogens with zero attached hydrogens (tertiary/aromatic N) is 2. The van der Waals surface area contributed by atoms with Crippen LogP contribution < -0.4 is 16.6 Å². The number of rotatable bonds is 4. The first-order chi connectivity index (χ1) is 9.55. The quantitative estimate of drug-likeness (QED) is 0.406. The van der Waals surface area contributed by atoms with Crippen LogP contribution in [-0.4, -0.2) is 28.6 Å². The minimum atomic E-state index is -0.486. The second-order valence-corrected chi connectivity index (χ2v) is 4.18. The third kappa shape index (κ3) is 2.69. The summed E-state index contributed by atoms with van der Waals surface area (Å²) in [6.45, 7) is 2.06. The Bertz CT molecular complexity index is 643. The van der Waals surface area contributed by atoms with Crippen molar-refractivity contribution in [2.45, 2.75) is 13.5 Å². The maximum absolute atomic E-state index is 11.4. The average Bonchev–Trinajstić information content (AvgIpc) is 3.04. The molecule has 106 valence electrons. The van der Waals surface area contributed by atoms with E-state index in [1.165, 1.54) is 7.05 Å². The van der Waals surface area contributed by atoms with Gasteiger partial charge in [0, 0.05) is 18.8 Å². The summed E-state index contributed by atoms with van der Waals surface area (Å²) in [5, 5.41) is 6.59. The molecule has 0 unspecified atom stereocenters. The molecular formula is C12H15N5O3. The molecule has 0 fully saturated rings. The summed E-state index contributed by atoms with van der Waals surface area (Å²) in [4.78, 5) is 22.8. The van der Waals surface area contributed by atoms with Crippen LogP contribution in [0.1, 0.15) is 32.4 Å². The molecule has 0 aliphatic rings. The van der Waals surface area contributed by atoms with Gasteiger partial charge in [0.05, 0.1) is 6.54 Å². The van der Waals surface area contributed by atoms with Gasteiger partial charge in [-0.05, 0) is 19.1 Å². The van der Waals surface area contributed by atoms with Crippen molar-refractivity contribution in [3.63, 3.8) is 0 Å². The molecule has 2 heterocycles. The van der Waals surface area contributed by atoms with Crippen molar-refractivity contribution >= 4 is 11.8 Å². The Labute approximate surface area is 114 Å². The molecule has 0 bridgehead atoms. The Kier molecular flexibility index (Phi) is 3.85. The monoisotopic (exact) mass is 277 g/mol. The van der Waals surface area contributed by atoms with Crippen LogP contribution in [0.3, 0.4) is 0 Å². The number of nitrogens with two attached hydrogens (primary N) is 1. The molecule has 0 spiro atoms. The molecule has 8 heteroatoms. The number of aromatic nitrogens is 2. The molecule has 0 atom stereocenters. The summed E-state index contributed by atoms with van der Waals surface area (Å²) in [7, 11) is 1.54. The van der Waals surface area contributed by atoms with E-state index in [9.17, 15) is 9.59 Å². The smallest absolute Gasteiger partial charge is 0.301 e. The van der Waals surface area contributed by atoms with Gasteiger partial charge in [0.2, 0.25) is 0 Å². The van der Waals surface area contributed by atoms with Gasteiger partial charge in [-0.15, -0.1) is 0 Å². The van der Waals surface area contributed by atoms with Gasteiger partial charge in [-0.2, -0.15) is 5.10 Å². The van der Waals surface area contributed by atoms with Crippen molar-refractivity contribution in [1.29, 1.82) is 0 Å². The first kappa shape index (κ1) is 13.8. The van der Waals surface area contributed by atoms with E-state index in [1.807, 2.05) is 5.43 Å². The topological polar surface area (TPSA) is 115 Å². The van der Waals surface area contributed by atoms with E-state index in [2.05, 4.69) is 10.4 Å². The van der Waals surface area contributed by atoms with Crippen molar-refractivity contribution in [1.82, 2.24) is 20.5 Å². The first-order valence-electron chi connectivity index (χ1n) is 5.91. The number of hydrogen-bond acceptors (Lipinski definition) is 5. The summed E-state index contributed by atoms with van der Waals surface area (Å²) >= 11 is 0. The number of hydrogen-bond donors (Lipinski definition) is 3. The minimum absolute atomic E-state index is 0.168. The SMILES string of the molecule is CNC(=O)c1ccn(Cc2cc(C)c(C(=O)NN)o2)n1. The van der Waals surface area contributed by atoms with Crippen molar-refractivity contribution in [3.05, 3.63) is 41.1 Å². The number of nitrogens with one attached hydrogen (secondary N) is 2. The fraction of sp³-hybridized carbons (Fsp3) is 0.250. The molecule has 0 saturated heterocycles. The average molecular weight is 277 g/mol. The highest BCUT2D eigenvalue weighted by molar-refractivity contribution is 5.92. The Morgan fingerprint density at radius 2 is 2.20 bits per heavy atom. The highest BCUT2D eigenvalue weighted by atomic mass is 16.4. The number of furan rings is 1. The second kappa shape index (κ2) is 5.57. The van der Waals surface area contributed by atoms with Crippen molar-refractivity contribution in [2.75, 3.05) is 7.05 Å². The number of carbonyl (C=O) groups is 2. The zero-order valence-electron chi connectivity index (χ0n) is 11.1.